The number of rotatable bonds is 7. The maximum atomic E-state index is 11.1. The summed E-state index contributed by atoms with van der Waals surface area (Å²) in [7, 11) is -2.51. The van der Waals surface area contributed by atoms with Crippen molar-refractivity contribution in [1.29, 1.82) is 0 Å². The van der Waals surface area contributed by atoms with Gasteiger partial charge in [0.1, 0.15) is 17.7 Å². The number of nitrogens with one attached hydrogen (secondary N) is 1. The molecule has 2 aromatic carbocycles. The van der Waals surface area contributed by atoms with Crippen LogP contribution in [0.25, 0.3) is 27.7 Å². The van der Waals surface area contributed by atoms with E-state index >= 15 is 0 Å². The van der Waals surface area contributed by atoms with Crippen molar-refractivity contribution in [3.05, 3.63) is 54.7 Å². The normalized spacial score (nSPS) is 22.6. The lowest BCUT2D eigenvalue weighted by atomic mass is 10.0. The van der Waals surface area contributed by atoms with Crippen LogP contribution in [0.15, 0.2) is 54.7 Å². The SMILES string of the molecule is COc1ccc(-c2cc3nccc(NC4CC(COS(N)(=O)=O)C(O)C4O)n3n2)c2ccccc12. The predicted octanol–water partition coefficient (Wildman–Crippen LogP) is 1.30. The number of fused-ring (bicyclic) bond motifs is 2. The third-order valence-corrected chi connectivity index (χ3v) is 6.78. The van der Waals surface area contributed by atoms with E-state index < -0.39 is 34.5 Å². The molecule has 184 valence electrons. The summed E-state index contributed by atoms with van der Waals surface area (Å²) in [6.45, 7) is -0.322. The third kappa shape index (κ3) is 4.54. The molecule has 4 atom stereocenters. The number of aliphatic hydroxyl groups is 2. The van der Waals surface area contributed by atoms with Crippen LogP contribution >= 0.6 is 0 Å². The maximum Gasteiger partial charge on any atom is 0.333 e. The van der Waals surface area contributed by atoms with Gasteiger partial charge < -0.3 is 20.3 Å². The zero-order valence-electron chi connectivity index (χ0n) is 18.8. The van der Waals surface area contributed by atoms with Gasteiger partial charge in [-0.25, -0.2) is 10.1 Å². The minimum atomic E-state index is -4.14. The number of nitrogens with zero attached hydrogens (tertiary/aromatic N) is 3. The number of methoxy groups -OCH3 is 1. The van der Waals surface area contributed by atoms with Crippen LogP contribution in [0.1, 0.15) is 6.42 Å². The Bertz CT molecular complexity index is 1490. The topological polar surface area (TPSA) is 161 Å². The highest BCUT2D eigenvalue weighted by Gasteiger charge is 2.42. The molecule has 2 aromatic heterocycles. The second kappa shape index (κ2) is 9.06. The summed E-state index contributed by atoms with van der Waals surface area (Å²) in [4.78, 5) is 4.41. The molecule has 4 unspecified atom stereocenters. The highest BCUT2D eigenvalue weighted by atomic mass is 32.2. The summed E-state index contributed by atoms with van der Waals surface area (Å²) in [5, 5.41) is 35.7. The van der Waals surface area contributed by atoms with Crippen molar-refractivity contribution in [2.45, 2.75) is 24.7 Å². The van der Waals surface area contributed by atoms with Gasteiger partial charge in [0.15, 0.2) is 5.65 Å². The van der Waals surface area contributed by atoms with Crippen molar-refractivity contribution in [2.75, 3.05) is 19.0 Å². The second-order valence-electron chi connectivity index (χ2n) is 8.50. The molecule has 5 rings (SSSR count). The molecular weight excluding hydrogens is 474 g/mol. The van der Waals surface area contributed by atoms with E-state index in [4.69, 9.17) is 15.0 Å². The first-order valence-electron chi connectivity index (χ1n) is 11.0. The highest BCUT2D eigenvalue weighted by molar-refractivity contribution is 7.84. The largest absolute Gasteiger partial charge is 0.496 e. The Labute approximate surface area is 201 Å². The number of benzene rings is 2. The van der Waals surface area contributed by atoms with E-state index in [1.165, 1.54) is 0 Å². The van der Waals surface area contributed by atoms with E-state index in [1.54, 1.807) is 23.9 Å². The van der Waals surface area contributed by atoms with Crippen LogP contribution < -0.4 is 15.2 Å². The van der Waals surface area contributed by atoms with Gasteiger partial charge in [0.2, 0.25) is 0 Å². The lowest BCUT2D eigenvalue weighted by molar-refractivity contribution is 0.00777. The number of nitrogens with two attached hydrogens (primary N) is 1. The molecule has 0 spiro atoms. The molecule has 0 saturated heterocycles. The quantitative estimate of drug-likeness (QED) is 0.294. The minimum absolute atomic E-state index is 0.263. The molecule has 1 aliphatic carbocycles. The van der Waals surface area contributed by atoms with Crippen molar-refractivity contribution in [1.82, 2.24) is 14.6 Å². The first-order chi connectivity index (χ1) is 16.7. The van der Waals surface area contributed by atoms with Crippen LogP contribution in [0.4, 0.5) is 5.82 Å². The fraction of sp³-hybridized carbons (Fsp3) is 0.304. The summed E-state index contributed by atoms with van der Waals surface area (Å²) in [5.41, 5.74) is 2.21. The van der Waals surface area contributed by atoms with Crippen LogP contribution in [0.5, 0.6) is 5.75 Å². The summed E-state index contributed by atoms with van der Waals surface area (Å²) >= 11 is 0. The van der Waals surface area contributed by atoms with Crippen molar-refractivity contribution in [2.24, 2.45) is 11.1 Å². The van der Waals surface area contributed by atoms with E-state index in [9.17, 15) is 18.6 Å². The van der Waals surface area contributed by atoms with Crippen molar-refractivity contribution < 1.29 is 27.6 Å². The minimum Gasteiger partial charge on any atom is -0.496 e. The Morgan fingerprint density at radius 2 is 1.91 bits per heavy atom. The molecule has 0 aliphatic heterocycles. The molecule has 0 bridgehead atoms. The van der Waals surface area contributed by atoms with Gasteiger partial charge >= 0.3 is 10.3 Å². The van der Waals surface area contributed by atoms with Gasteiger partial charge in [-0.3, -0.25) is 4.18 Å². The lowest BCUT2D eigenvalue weighted by Crippen LogP contribution is -2.36. The second-order valence-corrected chi connectivity index (χ2v) is 9.72. The van der Waals surface area contributed by atoms with Gasteiger partial charge in [0, 0.05) is 29.1 Å². The average molecular weight is 500 g/mol. The van der Waals surface area contributed by atoms with E-state index in [0.717, 1.165) is 22.1 Å². The molecule has 2 heterocycles. The Kier molecular flexibility index (Phi) is 6.07. The zero-order chi connectivity index (χ0) is 24.7. The first kappa shape index (κ1) is 23.5. The molecule has 11 nitrogen and oxygen atoms in total. The average Bonchev–Trinajstić information content (AvgIpc) is 3.39. The number of aliphatic hydroxyl groups excluding tert-OH is 2. The number of hydrogen-bond acceptors (Lipinski definition) is 9. The van der Waals surface area contributed by atoms with Crippen molar-refractivity contribution in [3.63, 3.8) is 0 Å². The lowest BCUT2D eigenvalue weighted by Gasteiger charge is -2.19. The summed E-state index contributed by atoms with van der Waals surface area (Å²) < 4.78 is 33.9. The van der Waals surface area contributed by atoms with E-state index in [1.807, 2.05) is 42.5 Å². The number of hydrogen-bond donors (Lipinski definition) is 4. The van der Waals surface area contributed by atoms with E-state index in [0.29, 0.717) is 17.2 Å². The Balaban J connectivity index is 1.45. The van der Waals surface area contributed by atoms with Crippen LogP contribution in [0.3, 0.4) is 0 Å². The number of aromatic nitrogens is 3. The summed E-state index contributed by atoms with van der Waals surface area (Å²) in [6, 6.07) is 14.7. The van der Waals surface area contributed by atoms with Gasteiger partial charge in [-0.05, 0) is 30.0 Å². The molecule has 12 heteroatoms. The smallest absolute Gasteiger partial charge is 0.333 e. The van der Waals surface area contributed by atoms with Crippen LogP contribution in [-0.2, 0) is 14.5 Å². The van der Waals surface area contributed by atoms with Crippen LogP contribution in [-0.4, -0.2) is 65.2 Å². The van der Waals surface area contributed by atoms with Gasteiger partial charge in [-0.1, -0.05) is 24.3 Å². The molecule has 35 heavy (non-hydrogen) atoms. The zero-order valence-corrected chi connectivity index (χ0v) is 19.6. The fourth-order valence-corrected chi connectivity index (χ4v) is 4.98. The summed E-state index contributed by atoms with van der Waals surface area (Å²) in [6.07, 6.45) is -0.439. The van der Waals surface area contributed by atoms with E-state index in [-0.39, 0.29) is 13.0 Å². The van der Waals surface area contributed by atoms with E-state index in [2.05, 4.69) is 14.5 Å². The van der Waals surface area contributed by atoms with Gasteiger partial charge in [0.05, 0.1) is 31.6 Å². The summed E-state index contributed by atoms with van der Waals surface area (Å²) in [5.74, 6) is 0.712. The molecular formula is C23H25N5O6S. The standard InChI is InChI=1S/C23H25N5O6S/c1-33-19-7-6-15(14-4-2-3-5-16(14)19)17-11-21-25-9-8-20(28(21)27-17)26-18-10-13(22(29)23(18)30)12-34-35(24,31)32/h2-9,11,13,18,22-23,26,29-30H,10,12H2,1H3,(H2,24,31,32). The first-order valence-corrected chi connectivity index (χ1v) is 12.4. The molecule has 4 aromatic rings. The third-order valence-electron chi connectivity index (χ3n) is 6.32. The van der Waals surface area contributed by atoms with Gasteiger partial charge in [-0.15, -0.1) is 0 Å². The molecule has 1 aliphatic rings. The predicted molar refractivity (Wildman–Crippen MR) is 129 cm³/mol. The fourth-order valence-electron chi connectivity index (χ4n) is 4.61. The van der Waals surface area contributed by atoms with Crippen LogP contribution in [0.2, 0.25) is 0 Å². The molecule has 0 amide bonds. The highest BCUT2D eigenvalue weighted by Crippen LogP contribution is 2.35. The molecule has 0 radical (unpaired) electrons. The number of anilines is 1. The van der Waals surface area contributed by atoms with Gasteiger partial charge in [0.25, 0.3) is 0 Å². The van der Waals surface area contributed by atoms with Crippen LogP contribution in [0, 0.1) is 5.92 Å². The van der Waals surface area contributed by atoms with Crippen molar-refractivity contribution >= 4 is 32.5 Å². The molecule has 1 fully saturated rings. The monoisotopic (exact) mass is 499 g/mol. The maximum absolute atomic E-state index is 11.1. The molecule has 5 N–H and O–H groups in total. The molecule has 1 saturated carbocycles. The Hall–Kier alpha value is -3.29. The number of ether oxygens (including phenoxy) is 1. The Morgan fingerprint density at radius 1 is 1.14 bits per heavy atom. The van der Waals surface area contributed by atoms with Gasteiger partial charge in [-0.2, -0.15) is 18.0 Å². The van der Waals surface area contributed by atoms with Crippen molar-refractivity contribution in [3.8, 4) is 17.0 Å². The Morgan fingerprint density at radius 3 is 2.66 bits per heavy atom.